The lowest BCUT2D eigenvalue weighted by atomic mass is 10.1. The van der Waals surface area contributed by atoms with E-state index in [2.05, 4.69) is 46.3 Å². The van der Waals surface area contributed by atoms with E-state index in [1.54, 1.807) is 11.9 Å². The predicted molar refractivity (Wildman–Crippen MR) is 140 cm³/mol. The molecule has 1 saturated heterocycles. The molecule has 8 nitrogen and oxygen atoms in total. The summed E-state index contributed by atoms with van der Waals surface area (Å²) in [5.41, 5.74) is 4.30. The second-order valence-electron chi connectivity index (χ2n) is 8.86. The van der Waals surface area contributed by atoms with E-state index in [0.29, 0.717) is 19.5 Å². The van der Waals surface area contributed by atoms with E-state index in [-0.39, 0.29) is 38.3 Å². The number of hydrogen-bond donors (Lipinski definition) is 4. The first-order valence-corrected chi connectivity index (χ1v) is 12.8. The molecule has 0 spiro atoms. The number of amides is 1. The molecule has 4 N–H and O–H groups in total. The minimum atomic E-state index is -0.306. The van der Waals surface area contributed by atoms with Gasteiger partial charge in [-0.2, -0.15) is 0 Å². The number of H-pyrrole nitrogens is 1. The number of para-hydroxylation sites is 1. The van der Waals surface area contributed by atoms with E-state index in [4.69, 9.17) is 10.2 Å². The summed E-state index contributed by atoms with van der Waals surface area (Å²) in [6.45, 7) is 2.22. The maximum atomic E-state index is 12.5. The largest absolute Gasteiger partial charge is 0.395 e. The number of aromatic nitrogens is 1. The molecule has 0 bridgehead atoms. The Hall–Kier alpha value is -2.56. The van der Waals surface area contributed by atoms with E-state index >= 15 is 0 Å². The Morgan fingerprint density at radius 3 is 2.57 bits per heavy atom. The van der Waals surface area contributed by atoms with E-state index in [9.17, 15) is 9.90 Å². The quantitative estimate of drug-likeness (QED) is 0.301. The van der Waals surface area contributed by atoms with E-state index in [0.717, 1.165) is 45.7 Å². The summed E-state index contributed by atoms with van der Waals surface area (Å²) in [5, 5.41) is 29.6. The van der Waals surface area contributed by atoms with Crippen molar-refractivity contribution in [2.75, 3.05) is 57.9 Å². The van der Waals surface area contributed by atoms with Crippen LogP contribution in [-0.4, -0.2) is 94.5 Å². The van der Waals surface area contributed by atoms with Crippen LogP contribution in [0.15, 0.2) is 53.4 Å². The molecular weight excluding hydrogens is 464 g/mol. The van der Waals surface area contributed by atoms with Gasteiger partial charge in [0.1, 0.15) is 0 Å². The molecule has 1 amide bonds. The number of aromatic amines is 1. The predicted octanol–water partition coefficient (Wildman–Crippen LogP) is 2.55. The molecule has 0 saturated carbocycles. The van der Waals surface area contributed by atoms with Crippen LogP contribution in [0.25, 0.3) is 22.2 Å². The van der Waals surface area contributed by atoms with Crippen molar-refractivity contribution in [2.24, 2.45) is 0 Å². The summed E-state index contributed by atoms with van der Waals surface area (Å²) in [7, 11) is 1.95. The lowest BCUT2D eigenvalue weighted by Gasteiger charge is -2.24. The number of anilines is 1. The van der Waals surface area contributed by atoms with Crippen LogP contribution in [0, 0.1) is 0 Å². The van der Waals surface area contributed by atoms with Gasteiger partial charge in [-0.05, 0) is 55.7 Å². The van der Waals surface area contributed by atoms with Gasteiger partial charge in [-0.25, -0.2) is 4.31 Å². The van der Waals surface area contributed by atoms with Crippen molar-refractivity contribution >= 4 is 34.4 Å². The number of nitrogens with one attached hydrogen (secondary N) is 1. The number of fused-ring (bicyclic) bond motifs is 1. The topological polar surface area (TPSA) is 103 Å². The van der Waals surface area contributed by atoms with Crippen LogP contribution in [0.4, 0.5) is 5.69 Å². The van der Waals surface area contributed by atoms with Gasteiger partial charge in [-0.3, -0.25) is 4.79 Å². The van der Waals surface area contributed by atoms with Crippen molar-refractivity contribution in [1.29, 1.82) is 0 Å². The van der Waals surface area contributed by atoms with Crippen LogP contribution in [0.3, 0.4) is 0 Å². The molecule has 2 aromatic carbocycles. The molecule has 1 aliphatic rings. The highest BCUT2D eigenvalue weighted by Crippen LogP contribution is 2.37. The summed E-state index contributed by atoms with van der Waals surface area (Å²) in [4.78, 5) is 20.8. The smallest absolute Gasteiger partial charge is 0.224 e. The fraction of sp³-hybridized carbons (Fsp3) is 0.423. The molecule has 35 heavy (non-hydrogen) atoms. The summed E-state index contributed by atoms with van der Waals surface area (Å²) >= 11 is 1.57. The molecule has 0 aliphatic carbocycles. The molecule has 2 heterocycles. The summed E-state index contributed by atoms with van der Waals surface area (Å²) in [6, 6.07) is 16.7. The van der Waals surface area contributed by atoms with Gasteiger partial charge in [0.15, 0.2) is 0 Å². The first-order chi connectivity index (χ1) is 17.0. The first kappa shape index (κ1) is 25.5. The fourth-order valence-corrected chi connectivity index (χ4v) is 5.32. The summed E-state index contributed by atoms with van der Waals surface area (Å²) in [6.07, 6.45) is 0.769. The number of aliphatic hydroxyl groups excluding tert-OH is 3. The average Bonchev–Trinajstić information content (AvgIpc) is 3.48. The van der Waals surface area contributed by atoms with Crippen LogP contribution >= 0.6 is 11.9 Å². The number of β-amino-alcohol motifs (C(OH)–C–C–N with tert-alkyl or cyclic N) is 1. The van der Waals surface area contributed by atoms with Gasteiger partial charge in [0, 0.05) is 71.9 Å². The fourth-order valence-electron chi connectivity index (χ4n) is 4.48. The molecule has 1 unspecified atom stereocenters. The highest BCUT2D eigenvalue weighted by Gasteiger charge is 2.24. The number of benzene rings is 2. The van der Waals surface area contributed by atoms with Gasteiger partial charge in [0.2, 0.25) is 5.91 Å². The van der Waals surface area contributed by atoms with Crippen molar-refractivity contribution in [1.82, 2.24) is 14.2 Å². The molecule has 1 aromatic heterocycles. The van der Waals surface area contributed by atoms with Gasteiger partial charge in [-0.15, -0.1) is 0 Å². The van der Waals surface area contributed by atoms with Crippen molar-refractivity contribution in [2.45, 2.75) is 23.8 Å². The van der Waals surface area contributed by atoms with Crippen molar-refractivity contribution < 1.29 is 20.1 Å². The molecule has 9 heteroatoms. The Kier molecular flexibility index (Phi) is 8.69. The lowest BCUT2D eigenvalue weighted by Crippen LogP contribution is -2.37. The van der Waals surface area contributed by atoms with E-state index < -0.39 is 0 Å². The molecule has 1 aliphatic heterocycles. The molecular formula is C26H34N4O4S. The van der Waals surface area contributed by atoms with Crippen LogP contribution in [0.5, 0.6) is 0 Å². The number of carbonyl (C=O) groups excluding carboxylic acids is 1. The zero-order valence-corrected chi connectivity index (χ0v) is 20.9. The van der Waals surface area contributed by atoms with Crippen LogP contribution in [-0.2, 0) is 4.79 Å². The van der Waals surface area contributed by atoms with Crippen LogP contribution in [0.2, 0.25) is 0 Å². The standard InChI is InChI=1S/C26H34N4O4S/c1-28(10-9-26(34)29(12-14-31)13-15-32)35-21-6-7-25(30-11-8-20(33)18-30)22(17-21)24-16-19-4-2-3-5-23(19)27-24/h2-7,16-17,20,27,31-33H,8-15,18H2,1H3. The Balaban J connectivity index is 1.51. The first-order valence-electron chi connectivity index (χ1n) is 12.0. The number of nitrogens with zero attached hydrogens (tertiary/aromatic N) is 3. The van der Waals surface area contributed by atoms with Crippen molar-refractivity contribution in [3.63, 3.8) is 0 Å². The molecule has 1 fully saturated rings. The maximum Gasteiger partial charge on any atom is 0.224 e. The van der Waals surface area contributed by atoms with Crippen LogP contribution in [0.1, 0.15) is 12.8 Å². The average molecular weight is 499 g/mol. The van der Waals surface area contributed by atoms with Gasteiger partial charge in [-0.1, -0.05) is 18.2 Å². The molecule has 0 radical (unpaired) electrons. The zero-order chi connectivity index (χ0) is 24.8. The van der Waals surface area contributed by atoms with Crippen molar-refractivity contribution in [3.05, 3.63) is 48.5 Å². The van der Waals surface area contributed by atoms with E-state index in [1.807, 2.05) is 23.5 Å². The monoisotopic (exact) mass is 498 g/mol. The van der Waals surface area contributed by atoms with Crippen LogP contribution < -0.4 is 4.90 Å². The number of aliphatic hydroxyl groups is 3. The molecule has 1 atom stereocenters. The third-order valence-electron chi connectivity index (χ3n) is 6.29. The number of carbonyl (C=O) groups is 1. The Bertz CT molecular complexity index is 1100. The van der Waals surface area contributed by atoms with Gasteiger partial charge < -0.3 is 30.1 Å². The summed E-state index contributed by atoms with van der Waals surface area (Å²) < 4.78 is 2.03. The summed E-state index contributed by atoms with van der Waals surface area (Å²) in [5.74, 6) is -0.0812. The van der Waals surface area contributed by atoms with Gasteiger partial charge >= 0.3 is 0 Å². The number of rotatable bonds is 11. The third-order valence-corrected chi connectivity index (χ3v) is 7.25. The third kappa shape index (κ3) is 6.36. The lowest BCUT2D eigenvalue weighted by molar-refractivity contribution is -0.132. The second-order valence-corrected chi connectivity index (χ2v) is 10.1. The SMILES string of the molecule is CN(CCC(=O)N(CCO)CCO)Sc1ccc(N2CCC(O)C2)c(-c2cc3ccccc3[nH]2)c1. The molecule has 188 valence electrons. The molecule has 3 aromatic rings. The highest BCUT2D eigenvalue weighted by molar-refractivity contribution is 7.97. The zero-order valence-electron chi connectivity index (χ0n) is 20.1. The number of hydrogen-bond acceptors (Lipinski definition) is 7. The minimum absolute atomic E-state index is 0.0812. The Labute approximate surface area is 210 Å². The minimum Gasteiger partial charge on any atom is -0.395 e. The van der Waals surface area contributed by atoms with Crippen molar-refractivity contribution in [3.8, 4) is 11.3 Å². The normalized spacial score (nSPS) is 15.9. The highest BCUT2D eigenvalue weighted by atomic mass is 32.2. The van der Waals surface area contributed by atoms with Gasteiger partial charge in [0.05, 0.1) is 19.3 Å². The van der Waals surface area contributed by atoms with E-state index in [1.165, 1.54) is 4.90 Å². The molecule has 4 rings (SSSR count). The Morgan fingerprint density at radius 1 is 1.11 bits per heavy atom. The maximum absolute atomic E-state index is 12.5. The van der Waals surface area contributed by atoms with Gasteiger partial charge in [0.25, 0.3) is 0 Å². The Morgan fingerprint density at radius 2 is 1.89 bits per heavy atom. The second kappa shape index (κ2) is 11.9.